The molecule has 1 unspecified atom stereocenters. The van der Waals surface area contributed by atoms with E-state index in [2.05, 4.69) is 15.9 Å². The first-order valence-corrected chi connectivity index (χ1v) is 3.94. The van der Waals surface area contributed by atoms with Gasteiger partial charge in [-0.3, -0.25) is 10.1 Å². The highest BCUT2D eigenvalue weighted by Gasteiger charge is 2.31. The first-order valence-electron chi connectivity index (χ1n) is 3.15. The maximum absolute atomic E-state index is 12.9. The van der Waals surface area contributed by atoms with Crippen LogP contribution in [0.3, 0.4) is 0 Å². The maximum atomic E-state index is 12.9. The Bertz CT molecular complexity index is 277. The first kappa shape index (κ1) is 9.34. The zero-order valence-electron chi connectivity index (χ0n) is 5.91. The van der Waals surface area contributed by atoms with Gasteiger partial charge in [0, 0.05) is 10.6 Å². The molecule has 6 heteroatoms. The summed E-state index contributed by atoms with van der Waals surface area (Å²) in [6.45, 7) is 0. The SMILES string of the molecule is N[C@@H]1C([N+](=O)[O-])=CC(Br)=CC1F. The molecule has 2 N–H and O–H groups in total. The number of nitro groups is 1. The van der Waals surface area contributed by atoms with Crippen molar-refractivity contribution in [1.29, 1.82) is 0 Å². The van der Waals surface area contributed by atoms with Crippen LogP contribution in [0.1, 0.15) is 0 Å². The lowest BCUT2D eigenvalue weighted by atomic mass is 10.0. The van der Waals surface area contributed by atoms with Gasteiger partial charge in [0.1, 0.15) is 12.2 Å². The summed E-state index contributed by atoms with van der Waals surface area (Å²) in [5, 5.41) is 10.3. The number of rotatable bonds is 1. The maximum Gasteiger partial charge on any atom is 0.267 e. The van der Waals surface area contributed by atoms with Crippen molar-refractivity contribution in [2.75, 3.05) is 0 Å². The van der Waals surface area contributed by atoms with Crippen molar-refractivity contribution in [2.45, 2.75) is 12.2 Å². The van der Waals surface area contributed by atoms with Crippen LogP contribution in [0.15, 0.2) is 22.3 Å². The Morgan fingerprint density at radius 1 is 1.75 bits per heavy atom. The number of halogens is 2. The van der Waals surface area contributed by atoms with Crippen LogP contribution in [0.5, 0.6) is 0 Å². The van der Waals surface area contributed by atoms with Crippen molar-refractivity contribution >= 4 is 15.9 Å². The number of alkyl halides is 1. The largest absolute Gasteiger partial charge is 0.316 e. The van der Waals surface area contributed by atoms with E-state index < -0.39 is 17.1 Å². The molecule has 0 fully saturated rings. The van der Waals surface area contributed by atoms with Crippen LogP contribution in [-0.4, -0.2) is 17.1 Å². The quantitative estimate of drug-likeness (QED) is 0.548. The third kappa shape index (κ3) is 1.70. The van der Waals surface area contributed by atoms with E-state index in [1.807, 2.05) is 0 Å². The molecule has 0 aliphatic heterocycles. The van der Waals surface area contributed by atoms with E-state index in [9.17, 15) is 14.5 Å². The molecular formula is C6H6BrFN2O2. The van der Waals surface area contributed by atoms with Gasteiger partial charge in [-0.1, -0.05) is 15.9 Å². The molecule has 0 aromatic carbocycles. The summed E-state index contributed by atoms with van der Waals surface area (Å²) in [6, 6.07) is -1.17. The minimum absolute atomic E-state index is 0.308. The van der Waals surface area contributed by atoms with Gasteiger partial charge < -0.3 is 5.73 Å². The van der Waals surface area contributed by atoms with Gasteiger partial charge in [0.2, 0.25) is 0 Å². The Morgan fingerprint density at radius 2 is 2.33 bits per heavy atom. The van der Waals surface area contributed by atoms with Crippen LogP contribution in [0, 0.1) is 10.1 Å². The number of nitrogens with two attached hydrogens (primary N) is 1. The summed E-state index contributed by atoms with van der Waals surface area (Å²) in [5.41, 5.74) is 4.93. The van der Waals surface area contributed by atoms with Gasteiger partial charge in [0.25, 0.3) is 5.70 Å². The molecule has 1 aliphatic rings. The molecule has 0 heterocycles. The third-order valence-corrected chi connectivity index (χ3v) is 1.99. The van der Waals surface area contributed by atoms with E-state index in [1.54, 1.807) is 0 Å². The molecule has 0 aromatic rings. The zero-order valence-corrected chi connectivity index (χ0v) is 7.49. The van der Waals surface area contributed by atoms with E-state index >= 15 is 0 Å². The summed E-state index contributed by atoms with van der Waals surface area (Å²) < 4.78 is 13.2. The Morgan fingerprint density at radius 3 is 2.83 bits per heavy atom. The van der Waals surface area contributed by atoms with Crippen molar-refractivity contribution in [3.63, 3.8) is 0 Å². The van der Waals surface area contributed by atoms with Gasteiger partial charge in [0.15, 0.2) is 0 Å². The molecule has 0 bridgehead atoms. The summed E-state index contributed by atoms with van der Waals surface area (Å²) >= 11 is 2.95. The van der Waals surface area contributed by atoms with E-state index in [-0.39, 0.29) is 5.70 Å². The second-order valence-electron chi connectivity index (χ2n) is 2.35. The van der Waals surface area contributed by atoms with Crippen molar-refractivity contribution < 1.29 is 9.31 Å². The minimum Gasteiger partial charge on any atom is -0.316 e. The Hall–Kier alpha value is -0.750. The summed E-state index contributed by atoms with van der Waals surface area (Å²) in [4.78, 5) is 9.62. The van der Waals surface area contributed by atoms with E-state index in [4.69, 9.17) is 5.73 Å². The predicted molar refractivity (Wildman–Crippen MR) is 45.0 cm³/mol. The fourth-order valence-electron chi connectivity index (χ4n) is 0.879. The van der Waals surface area contributed by atoms with Crippen LogP contribution in [0.2, 0.25) is 0 Å². The highest BCUT2D eigenvalue weighted by molar-refractivity contribution is 9.11. The highest BCUT2D eigenvalue weighted by Crippen LogP contribution is 2.22. The topological polar surface area (TPSA) is 69.2 Å². The summed E-state index contributed by atoms with van der Waals surface area (Å²) in [7, 11) is 0. The standard InChI is InChI=1S/C6H6BrFN2O2/c7-3-1-4(8)6(9)5(2-3)10(11)12/h1-2,4,6H,9H2/t4?,6-/m0/s1. The van der Waals surface area contributed by atoms with Crippen molar-refractivity contribution in [3.8, 4) is 0 Å². The molecule has 0 amide bonds. The van der Waals surface area contributed by atoms with Gasteiger partial charge in [0.05, 0.1) is 4.92 Å². The zero-order chi connectivity index (χ0) is 9.30. The van der Waals surface area contributed by atoms with Crippen LogP contribution >= 0.6 is 15.9 Å². The van der Waals surface area contributed by atoms with Crippen LogP contribution in [0.4, 0.5) is 4.39 Å². The van der Waals surface area contributed by atoms with E-state index in [0.717, 1.165) is 0 Å². The van der Waals surface area contributed by atoms with Crippen molar-refractivity contribution in [3.05, 3.63) is 32.4 Å². The molecule has 0 aromatic heterocycles. The second-order valence-corrected chi connectivity index (χ2v) is 3.26. The lowest BCUT2D eigenvalue weighted by Gasteiger charge is -2.14. The second kappa shape index (κ2) is 3.32. The molecule has 12 heavy (non-hydrogen) atoms. The lowest BCUT2D eigenvalue weighted by molar-refractivity contribution is -0.430. The molecule has 1 aliphatic carbocycles. The molecule has 66 valence electrons. The monoisotopic (exact) mass is 236 g/mol. The van der Waals surface area contributed by atoms with Gasteiger partial charge in [-0.05, 0) is 6.08 Å². The highest BCUT2D eigenvalue weighted by atomic mass is 79.9. The smallest absolute Gasteiger partial charge is 0.267 e. The molecule has 0 spiro atoms. The third-order valence-electron chi connectivity index (χ3n) is 1.50. The summed E-state index contributed by atoms with van der Waals surface area (Å²) in [5.74, 6) is 0. The Labute approximate surface area is 76.2 Å². The average molecular weight is 237 g/mol. The normalized spacial score (nSPS) is 29.2. The van der Waals surface area contributed by atoms with Gasteiger partial charge in [-0.25, -0.2) is 4.39 Å². The molecule has 0 saturated carbocycles. The van der Waals surface area contributed by atoms with Gasteiger partial charge in [-0.15, -0.1) is 0 Å². The average Bonchev–Trinajstić information content (AvgIpc) is 1.96. The van der Waals surface area contributed by atoms with Gasteiger partial charge >= 0.3 is 0 Å². The predicted octanol–water partition coefficient (Wildman–Crippen LogP) is 1.10. The van der Waals surface area contributed by atoms with E-state index in [0.29, 0.717) is 4.48 Å². The lowest BCUT2D eigenvalue weighted by Crippen LogP contribution is -2.37. The molecule has 0 radical (unpaired) electrons. The molecule has 0 saturated heterocycles. The fraction of sp³-hybridized carbons (Fsp3) is 0.333. The molecule has 4 nitrogen and oxygen atoms in total. The number of nitrogens with zero attached hydrogens (tertiary/aromatic N) is 1. The number of allylic oxidation sites excluding steroid dienone is 2. The Balaban J connectivity index is 2.98. The molecule has 1 rings (SSSR count). The van der Waals surface area contributed by atoms with Gasteiger partial charge in [-0.2, -0.15) is 0 Å². The van der Waals surface area contributed by atoms with Crippen LogP contribution < -0.4 is 5.73 Å². The fourth-order valence-corrected chi connectivity index (χ4v) is 1.37. The summed E-state index contributed by atoms with van der Waals surface area (Å²) in [6.07, 6.45) is 0.906. The van der Waals surface area contributed by atoms with Crippen molar-refractivity contribution in [2.24, 2.45) is 5.73 Å². The van der Waals surface area contributed by atoms with Crippen LogP contribution in [0.25, 0.3) is 0 Å². The van der Waals surface area contributed by atoms with Crippen LogP contribution in [-0.2, 0) is 0 Å². The Kier molecular flexibility index (Phi) is 2.58. The molecular weight excluding hydrogens is 231 g/mol. The number of hydrogen-bond donors (Lipinski definition) is 1. The van der Waals surface area contributed by atoms with E-state index in [1.165, 1.54) is 12.2 Å². The number of hydrogen-bond acceptors (Lipinski definition) is 3. The van der Waals surface area contributed by atoms with Crippen molar-refractivity contribution in [1.82, 2.24) is 0 Å². The first-order chi connectivity index (χ1) is 5.52. The minimum atomic E-state index is -1.50. The molecule has 2 atom stereocenters.